The number of phenolic OH excluding ortho intramolecular Hbond substituents is 1. The third-order valence-electron chi connectivity index (χ3n) is 7.59. The van der Waals surface area contributed by atoms with E-state index in [-0.39, 0.29) is 12.6 Å². The summed E-state index contributed by atoms with van der Waals surface area (Å²) in [7, 11) is 0. The fourth-order valence-corrected chi connectivity index (χ4v) is 5.90. The van der Waals surface area contributed by atoms with Crippen LogP contribution in [0.5, 0.6) is 5.75 Å². The molecule has 7 nitrogen and oxygen atoms in total. The summed E-state index contributed by atoms with van der Waals surface area (Å²) in [5.41, 5.74) is 12.1. The first-order chi connectivity index (χ1) is 15.7. The maximum absolute atomic E-state index is 9.86. The highest BCUT2D eigenvalue weighted by Gasteiger charge is 2.42. The highest BCUT2D eigenvalue weighted by molar-refractivity contribution is 5.64. The largest absolute Gasteiger partial charge is 0.508 e. The zero-order valence-corrected chi connectivity index (χ0v) is 18.8. The van der Waals surface area contributed by atoms with Crippen molar-refractivity contribution in [2.24, 2.45) is 5.92 Å². The minimum Gasteiger partial charge on any atom is -0.508 e. The molecule has 3 heterocycles. The Morgan fingerprint density at radius 1 is 1.22 bits per heavy atom. The summed E-state index contributed by atoms with van der Waals surface area (Å²) < 4.78 is 0. The molecule has 1 saturated heterocycles. The van der Waals surface area contributed by atoms with Crippen LogP contribution in [0, 0.1) is 5.92 Å². The number of H-pyrrole nitrogens is 1. The summed E-state index contributed by atoms with van der Waals surface area (Å²) in [6.07, 6.45) is 9.62. The molecule has 3 aliphatic rings. The maximum Gasteiger partial charge on any atom is 0.125 e. The van der Waals surface area contributed by atoms with Gasteiger partial charge in [-0.05, 0) is 72.8 Å². The van der Waals surface area contributed by atoms with Crippen molar-refractivity contribution in [2.75, 3.05) is 26.2 Å². The summed E-state index contributed by atoms with van der Waals surface area (Å²) in [5, 5.41) is 19.1. The first-order valence-electron chi connectivity index (χ1n) is 12.1. The highest BCUT2D eigenvalue weighted by atomic mass is 16.3. The van der Waals surface area contributed by atoms with Crippen molar-refractivity contribution in [3.8, 4) is 5.75 Å². The van der Waals surface area contributed by atoms with Gasteiger partial charge < -0.3 is 15.2 Å². The second-order valence-electron chi connectivity index (χ2n) is 9.48. The number of benzene rings is 1. The van der Waals surface area contributed by atoms with E-state index in [0.717, 1.165) is 63.3 Å². The molecule has 0 radical (unpaired) electrons. The number of fused-ring (bicyclic) bond motifs is 1. The number of aromatic nitrogens is 2. The predicted octanol–water partition coefficient (Wildman–Crippen LogP) is 2.86. The number of imidazole rings is 1. The normalized spacial score (nSPS) is 28.5. The van der Waals surface area contributed by atoms with Crippen molar-refractivity contribution in [1.29, 1.82) is 0 Å². The van der Waals surface area contributed by atoms with E-state index in [0.29, 0.717) is 23.6 Å². The molecule has 0 bridgehead atoms. The molecular formula is C25H35N5O2. The predicted molar refractivity (Wildman–Crippen MR) is 125 cm³/mol. The van der Waals surface area contributed by atoms with Crippen LogP contribution in [-0.4, -0.2) is 57.4 Å². The van der Waals surface area contributed by atoms with E-state index in [1.54, 1.807) is 0 Å². The van der Waals surface area contributed by atoms with E-state index in [1.807, 2.05) is 18.3 Å². The number of aliphatic hydroxyl groups excluding tert-OH is 1. The third-order valence-corrected chi connectivity index (χ3v) is 7.59. The van der Waals surface area contributed by atoms with Crippen molar-refractivity contribution >= 4 is 5.57 Å². The molecule has 1 aromatic heterocycles. The lowest BCUT2D eigenvalue weighted by atomic mass is 9.73. The van der Waals surface area contributed by atoms with E-state index in [9.17, 15) is 10.2 Å². The van der Waals surface area contributed by atoms with Gasteiger partial charge in [-0.25, -0.2) is 10.4 Å². The molecule has 0 spiro atoms. The number of nitrogens with one attached hydrogen (secondary N) is 3. The Morgan fingerprint density at radius 2 is 2.12 bits per heavy atom. The third kappa shape index (κ3) is 4.22. The number of aromatic hydroxyl groups is 1. The number of hydrazine groups is 1. The molecule has 7 heteroatoms. The quantitative estimate of drug-likeness (QED) is 0.477. The van der Waals surface area contributed by atoms with Crippen LogP contribution in [0.2, 0.25) is 0 Å². The molecule has 5 N–H and O–H groups in total. The van der Waals surface area contributed by atoms with Gasteiger partial charge in [-0.1, -0.05) is 19.1 Å². The Bertz CT molecular complexity index is 971. The molecule has 2 aromatic rings. The topological polar surface area (TPSA) is 96.4 Å². The summed E-state index contributed by atoms with van der Waals surface area (Å²) in [6, 6.07) is 6.49. The first-order valence-corrected chi connectivity index (χ1v) is 12.1. The zero-order chi connectivity index (χ0) is 22.1. The lowest BCUT2D eigenvalue weighted by Crippen LogP contribution is -2.35. The number of aromatic amines is 1. The van der Waals surface area contributed by atoms with Crippen LogP contribution in [0.4, 0.5) is 0 Å². The smallest absolute Gasteiger partial charge is 0.125 e. The second kappa shape index (κ2) is 9.35. The van der Waals surface area contributed by atoms with Crippen LogP contribution in [0.3, 0.4) is 0 Å². The Hall–Kier alpha value is -2.19. The van der Waals surface area contributed by atoms with E-state index in [1.165, 1.54) is 16.7 Å². The molecule has 0 amide bonds. The van der Waals surface area contributed by atoms with Gasteiger partial charge in [0.05, 0.1) is 24.5 Å². The van der Waals surface area contributed by atoms with Crippen LogP contribution in [0.1, 0.15) is 67.2 Å². The van der Waals surface area contributed by atoms with Crippen molar-refractivity contribution in [3.63, 3.8) is 0 Å². The number of hydrogen-bond acceptors (Lipinski definition) is 6. The van der Waals surface area contributed by atoms with Gasteiger partial charge in [0.15, 0.2) is 0 Å². The standard InChI is InChI=1S/C25H35N5O2/c1-2-16-12-19(32)6-8-20(16)17-5-7-21-22(13-17)28-29-24(21)25-26-14-23(27-25)18-4-3-9-30(15-18)10-11-31/h4,6,8,12,14,17,21-22,24,28-29,31-32H,2-3,5,7,9-11,13,15H2,1H3,(H,26,27). The SMILES string of the molecule is CCc1cc(O)ccc1C1CCC2C(C1)NNC2c1ncc(C2=CCCN(CCO)C2)[nH]1. The van der Waals surface area contributed by atoms with Crippen LogP contribution >= 0.6 is 0 Å². The van der Waals surface area contributed by atoms with Crippen LogP contribution in [0.25, 0.3) is 5.57 Å². The maximum atomic E-state index is 9.86. The van der Waals surface area contributed by atoms with E-state index in [4.69, 9.17) is 4.98 Å². The minimum absolute atomic E-state index is 0.192. The van der Waals surface area contributed by atoms with Gasteiger partial charge in [-0.2, -0.15) is 0 Å². The number of nitrogens with zero attached hydrogens (tertiary/aromatic N) is 2. The van der Waals surface area contributed by atoms with Gasteiger partial charge in [0.1, 0.15) is 11.6 Å². The Morgan fingerprint density at radius 3 is 2.97 bits per heavy atom. The van der Waals surface area contributed by atoms with Gasteiger partial charge in [0.2, 0.25) is 0 Å². The van der Waals surface area contributed by atoms with E-state index in [2.05, 4.69) is 39.8 Å². The van der Waals surface area contributed by atoms with E-state index < -0.39 is 0 Å². The molecule has 2 aliphatic heterocycles. The fourth-order valence-electron chi connectivity index (χ4n) is 5.90. The molecule has 4 unspecified atom stereocenters. The number of aryl methyl sites for hydroxylation is 1. The van der Waals surface area contributed by atoms with Crippen LogP contribution < -0.4 is 10.9 Å². The molecular weight excluding hydrogens is 402 g/mol. The lowest BCUT2D eigenvalue weighted by Gasteiger charge is -2.33. The number of hydrogen-bond donors (Lipinski definition) is 5. The minimum atomic E-state index is 0.192. The first kappa shape index (κ1) is 21.6. The number of phenols is 1. The Kier molecular flexibility index (Phi) is 6.33. The number of rotatable bonds is 6. The average molecular weight is 438 g/mol. The van der Waals surface area contributed by atoms with Gasteiger partial charge in [0, 0.05) is 25.7 Å². The summed E-state index contributed by atoms with van der Waals surface area (Å²) in [6.45, 7) is 4.95. The van der Waals surface area contributed by atoms with Gasteiger partial charge in [0.25, 0.3) is 0 Å². The molecule has 32 heavy (non-hydrogen) atoms. The molecule has 1 saturated carbocycles. The number of β-amino-alcohol motifs (C(OH)–C–C–N with tert-alkyl or cyclic N) is 1. The van der Waals surface area contributed by atoms with Gasteiger partial charge >= 0.3 is 0 Å². The van der Waals surface area contributed by atoms with Crippen molar-refractivity contribution in [1.82, 2.24) is 25.7 Å². The van der Waals surface area contributed by atoms with Gasteiger partial charge in [-0.15, -0.1) is 0 Å². The van der Waals surface area contributed by atoms with Crippen LogP contribution in [-0.2, 0) is 6.42 Å². The van der Waals surface area contributed by atoms with Crippen molar-refractivity contribution in [3.05, 3.63) is 53.1 Å². The Balaban J connectivity index is 1.27. The monoisotopic (exact) mass is 437 g/mol. The van der Waals surface area contributed by atoms with E-state index >= 15 is 0 Å². The average Bonchev–Trinajstić information content (AvgIpc) is 3.46. The lowest BCUT2D eigenvalue weighted by molar-refractivity contribution is 0.209. The summed E-state index contributed by atoms with van der Waals surface area (Å²) >= 11 is 0. The van der Waals surface area contributed by atoms with Crippen molar-refractivity contribution < 1.29 is 10.2 Å². The van der Waals surface area contributed by atoms with Crippen molar-refractivity contribution in [2.45, 2.75) is 57.0 Å². The molecule has 5 rings (SSSR count). The highest BCUT2D eigenvalue weighted by Crippen LogP contribution is 2.44. The van der Waals surface area contributed by atoms with Gasteiger partial charge in [-0.3, -0.25) is 10.3 Å². The molecule has 2 fully saturated rings. The molecule has 1 aromatic carbocycles. The van der Waals surface area contributed by atoms with Crippen LogP contribution in [0.15, 0.2) is 30.5 Å². The summed E-state index contributed by atoms with van der Waals surface area (Å²) in [5.74, 6) is 2.41. The second-order valence-corrected chi connectivity index (χ2v) is 9.48. The Labute approximate surface area is 189 Å². The zero-order valence-electron chi connectivity index (χ0n) is 18.8. The summed E-state index contributed by atoms with van der Waals surface area (Å²) in [4.78, 5) is 10.6. The molecule has 4 atom stereocenters. The molecule has 172 valence electrons. The molecule has 1 aliphatic carbocycles. The number of aliphatic hydroxyl groups is 1. The fraction of sp³-hybridized carbons (Fsp3) is 0.560.